The lowest BCUT2D eigenvalue weighted by atomic mass is 9.94. The molecule has 0 amide bonds. The van der Waals surface area contributed by atoms with E-state index in [0.29, 0.717) is 6.04 Å². The van der Waals surface area contributed by atoms with Crippen molar-refractivity contribution in [3.05, 3.63) is 0 Å². The van der Waals surface area contributed by atoms with E-state index in [2.05, 4.69) is 5.73 Å². The Bertz CT molecular complexity index is 64.9. The van der Waals surface area contributed by atoms with Crippen LogP contribution in [0.15, 0.2) is 0 Å². The standard InChI is InChI=1S/C6H13NO/c7-5-3-1-2-4-6(5)8/h5-6,8H,1-4,7H2/p+1/t5-,6-/m1/s1. The number of hydrogen-bond acceptors (Lipinski definition) is 1. The van der Waals surface area contributed by atoms with E-state index in [1.54, 1.807) is 0 Å². The van der Waals surface area contributed by atoms with Gasteiger partial charge in [-0.05, 0) is 12.8 Å². The van der Waals surface area contributed by atoms with E-state index in [9.17, 15) is 0 Å². The van der Waals surface area contributed by atoms with Gasteiger partial charge in [-0.1, -0.05) is 6.42 Å². The Morgan fingerprint density at radius 1 is 1.25 bits per heavy atom. The summed E-state index contributed by atoms with van der Waals surface area (Å²) in [6, 6.07) is 0.309. The fourth-order valence-corrected chi connectivity index (χ4v) is 1.19. The Morgan fingerprint density at radius 3 is 2.25 bits per heavy atom. The van der Waals surface area contributed by atoms with Gasteiger partial charge in [-0.3, -0.25) is 0 Å². The molecule has 0 aromatic heterocycles. The minimum absolute atomic E-state index is 0.108. The monoisotopic (exact) mass is 116 g/mol. The van der Waals surface area contributed by atoms with Gasteiger partial charge in [-0.2, -0.15) is 0 Å². The zero-order chi connectivity index (χ0) is 5.98. The van der Waals surface area contributed by atoms with Gasteiger partial charge in [0, 0.05) is 6.42 Å². The maximum absolute atomic E-state index is 9.12. The molecule has 0 unspecified atom stereocenters. The van der Waals surface area contributed by atoms with Gasteiger partial charge in [-0.25, -0.2) is 0 Å². The Labute approximate surface area is 49.7 Å². The van der Waals surface area contributed by atoms with Crippen molar-refractivity contribution in [3.8, 4) is 0 Å². The molecule has 0 aromatic carbocycles. The number of rotatable bonds is 0. The van der Waals surface area contributed by atoms with Crippen molar-refractivity contribution in [1.29, 1.82) is 0 Å². The summed E-state index contributed by atoms with van der Waals surface area (Å²) in [4.78, 5) is 0. The predicted molar refractivity (Wildman–Crippen MR) is 31.2 cm³/mol. The summed E-state index contributed by atoms with van der Waals surface area (Å²) in [6.07, 6.45) is 4.41. The third kappa shape index (κ3) is 1.20. The summed E-state index contributed by atoms with van der Waals surface area (Å²) in [6.45, 7) is 0. The highest BCUT2D eigenvalue weighted by molar-refractivity contribution is 4.70. The molecule has 1 aliphatic rings. The molecule has 0 aliphatic heterocycles. The van der Waals surface area contributed by atoms with Crippen molar-refractivity contribution in [3.63, 3.8) is 0 Å². The van der Waals surface area contributed by atoms with E-state index in [1.807, 2.05) is 0 Å². The van der Waals surface area contributed by atoms with E-state index in [4.69, 9.17) is 5.11 Å². The third-order valence-corrected chi connectivity index (χ3v) is 1.87. The molecule has 1 fully saturated rings. The topological polar surface area (TPSA) is 47.9 Å². The van der Waals surface area contributed by atoms with E-state index < -0.39 is 0 Å². The first-order valence-corrected chi connectivity index (χ1v) is 3.32. The molecule has 4 N–H and O–H groups in total. The van der Waals surface area contributed by atoms with Crippen LogP contribution in [-0.4, -0.2) is 17.3 Å². The molecule has 8 heavy (non-hydrogen) atoms. The van der Waals surface area contributed by atoms with Crippen LogP contribution >= 0.6 is 0 Å². The van der Waals surface area contributed by atoms with Crippen molar-refractivity contribution in [2.75, 3.05) is 0 Å². The quantitative estimate of drug-likeness (QED) is 0.441. The largest absolute Gasteiger partial charge is 0.387 e. The van der Waals surface area contributed by atoms with Crippen LogP contribution in [0.5, 0.6) is 0 Å². The van der Waals surface area contributed by atoms with Gasteiger partial charge in [0.25, 0.3) is 0 Å². The average molecular weight is 116 g/mol. The van der Waals surface area contributed by atoms with Crippen LogP contribution in [0.3, 0.4) is 0 Å². The van der Waals surface area contributed by atoms with Crippen molar-refractivity contribution in [1.82, 2.24) is 0 Å². The van der Waals surface area contributed by atoms with E-state index in [0.717, 1.165) is 12.8 Å². The van der Waals surface area contributed by atoms with Crippen molar-refractivity contribution < 1.29 is 10.8 Å². The molecular formula is C6H14NO+. The average Bonchev–Trinajstić information content (AvgIpc) is 1.77. The van der Waals surface area contributed by atoms with E-state index in [-0.39, 0.29) is 6.10 Å². The lowest BCUT2D eigenvalue weighted by Crippen LogP contribution is -2.67. The molecule has 0 radical (unpaired) electrons. The second-order valence-electron chi connectivity index (χ2n) is 2.61. The molecule has 0 spiro atoms. The number of hydrogen-bond donors (Lipinski definition) is 2. The summed E-state index contributed by atoms with van der Waals surface area (Å²) in [5, 5.41) is 9.12. The van der Waals surface area contributed by atoms with Crippen LogP contribution in [0.4, 0.5) is 0 Å². The lowest BCUT2D eigenvalue weighted by Gasteiger charge is -2.20. The van der Waals surface area contributed by atoms with E-state index >= 15 is 0 Å². The van der Waals surface area contributed by atoms with Crippen molar-refractivity contribution in [2.45, 2.75) is 37.8 Å². The molecule has 0 saturated heterocycles. The second kappa shape index (κ2) is 2.46. The molecule has 1 saturated carbocycles. The first-order chi connectivity index (χ1) is 3.80. The summed E-state index contributed by atoms with van der Waals surface area (Å²) in [5.74, 6) is 0. The maximum Gasteiger partial charge on any atom is 0.111 e. The highest BCUT2D eigenvalue weighted by Gasteiger charge is 2.21. The molecule has 1 aliphatic carbocycles. The summed E-state index contributed by atoms with van der Waals surface area (Å²) >= 11 is 0. The summed E-state index contributed by atoms with van der Waals surface area (Å²) in [7, 11) is 0. The SMILES string of the molecule is [NH3+][C@@H]1CCCC[C@H]1O. The number of quaternary nitrogens is 1. The molecule has 0 bridgehead atoms. The van der Waals surface area contributed by atoms with Crippen molar-refractivity contribution >= 4 is 0 Å². The number of aliphatic hydroxyl groups is 1. The zero-order valence-electron chi connectivity index (χ0n) is 5.14. The van der Waals surface area contributed by atoms with Gasteiger partial charge >= 0.3 is 0 Å². The molecule has 48 valence electrons. The molecule has 0 heterocycles. The van der Waals surface area contributed by atoms with E-state index in [1.165, 1.54) is 12.8 Å². The molecule has 1 rings (SSSR count). The first-order valence-electron chi connectivity index (χ1n) is 3.32. The Morgan fingerprint density at radius 2 is 1.88 bits per heavy atom. The van der Waals surface area contributed by atoms with Crippen molar-refractivity contribution in [2.24, 2.45) is 0 Å². The van der Waals surface area contributed by atoms with Gasteiger partial charge in [0.1, 0.15) is 12.1 Å². The highest BCUT2D eigenvalue weighted by atomic mass is 16.3. The van der Waals surface area contributed by atoms with Gasteiger partial charge in [0.15, 0.2) is 0 Å². The predicted octanol–water partition coefficient (Wildman–Crippen LogP) is -0.468. The summed E-state index contributed by atoms with van der Waals surface area (Å²) in [5.41, 5.74) is 3.83. The minimum Gasteiger partial charge on any atom is -0.387 e. The minimum atomic E-state index is -0.108. The zero-order valence-corrected chi connectivity index (χ0v) is 5.14. The smallest absolute Gasteiger partial charge is 0.111 e. The third-order valence-electron chi connectivity index (χ3n) is 1.87. The fourth-order valence-electron chi connectivity index (χ4n) is 1.19. The van der Waals surface area contributed by atoms with Gasteiger partial charge < -0.3 is 10.8 Å². The molecular weight excluding hydrogens is 102 g/mol. The second-order valence-corrected chi connectivity index (χ2v) is 2.61. The Kier molecular flexibility index (Phi) is 1.86. The summed E-state index contributed by atoms with van der Waals surface area (Å²) < 4.78 is 0. The van der Waals surface area contributed by atoms with Crippen LogP contribution in [0.1, 0.15) is 25.7 Å². The normalized spacial score (nSPS) is 39.8. The maximum atomic E-state index is 9.12. The van der Waals surface area contributed by atoms with Crippen LogP contribution < -0.4 is 5.73 Å². The number of aliphatic hydroxyl groups excluding tert-OH is 1. The van der Waals surface area contributed by atoms with Gasteiger partial charge in [0.2, 0.25) is 0 Å². The molecule has 0 aromatic rings. The van der Waals surface area contributed by atoms with Crippen LogP contribution in [0.25, 0.3) is 0 Å². The Balaban J connectivity index is 2.28. The molecule has 2 atom stereocenters. The van der Waals surface area contributed by atoms with Gasteiger partial charge in [0.05, 0.1) is 0 Å². The lowest BCUT2D eigenvalue weighted by molar-refractivity contribution is -0.442. The first kappa shape index (κ1) is 6.05. The van der Waals surface area contributed by atoms with Crippen LogP contribution in [0.2, 0.25) is 0 Å². The molecule has 2 heteroatoms. The Hall–Kier alpha value is -0.0800. The highest BCUT2D eigenvalue weighted by Crippen LogP contribution is 2.14. The van der Waals surface area contributed by atoms with Crippen LogP contribution in [-0.2, 0) is 0 Å². The van der Waals surface area contributed by atoms with Crippen LogP contribution in [0, 0.1) is 0 Å². The fraction of sp³-hybridized carbons (Fsp3) is 1.00. The molecule has 2 nitrogen and oxygen atoms in total. The van der Waals surface area contributed by atoms with Gasteiger partial charge in [-0.15, -0.1) is 0 Å².